The summed E-state index contributed by atoms with van der Waals surface area (Å²) in [7, 11) is 0. The van der Waals surface area contributed by atoms with E-state index >= 15 is 0 Å². The Labute approximate surface area is 155 Å². The summed E-state index contributed by atoms with van der Waals surface area (Å²) >= 11 is 0. The molecule has 0 aromatic heterocycles. The Morgan fingerprint density at radius 3 is 2.56 bits per heavy atom. The van der Waals surface area contributed by atoms with E-state index in [-0.39, 0.29) is 30.4 Å². The third kappa shape index (κ3) is 3.55. The molecule has 0 fully saturated rings. The Morgan fingerprint density at radius 1 is 1.22 bits per heavy atom. The highest BCUT2D eigenvalue weighted by atomic mass is 16.6. The van der Waals surface area contributed by atoms with Crippen molar-refractivity contribution in [2.75, 3.05) is 17.2 Å². The molecule has 3 rings (SSSR count). The standard InChI is InChI=1S/C19H21N3O5/c1-19(2,3)27-18(26)21-9-10-4-5-11-6-7-22(17(25)12(11)8-10)14-13(20)15(23)16(14)24/h4-5,8H,6-7,9,20H2,1-3H3,(H,21,26). The smallest absolute Gasteiger partial charge is 0.407 e. The van der Waals surface area contributed by atoms with E-state index in [9.17, 15) is 19.2 Å². The quantitative estimate of drug-likeness (QED) is 0.780. The third-order valence-electron chi connectivity index (χ3n) is 4.28. The predicted molar refractivity (Wildman–Crippen MR) is 101 cm³/mol. The lowest BCUT2D eigenvalue weighted by atomic mass is 9.95. The summed E-state index contributed by atoms with van der Waals surface area (Å²) in [4.78, 5) is 48.9. The molecule has 1 aliphatic heterocycles. The largest absolute Gasteiger partial charge is 0.444 e. The number of rotatable bonds is 3. The number of alkyl carbamates (subject to hydrolysis) is 1. The first kappa shape index (κ1) is 18.6. The molecule has 8 nitrogen and oxygen atoms in total. The number of amides is 2. The van der Waals surface area contributed by atoms with Gasteiger partial charge in [-0.15, -0.1) is 0 Å². The molecule has 0 atom stereocenters. The van der Waals surface area contributed by atoms with Crippen LogP contribution in [-0.2, 0) is 17.7 Å². The molecule has 142 valence electrons. The maximum Gasteiger partial charge on any atom is 0.407 e. The van der Waals surface area contributed by atoms with Crippen LogP contribution < -0.4 is 26.8 Å². The van der Waals surface area contributed by atoms with Gasteiger partial charge < -0.3 is 20.7 Å². The van der Waals surface area contributed by atoms with Gasteiger partial charge in [-0.3, -0.25) is 14.4 Å². The molecule has 0 unspecified atom stereocenters. The fraction of sp³-hybridized carbons (Fsp3) is 0.368. The molecule has 2 aromatic carbocycles. The van der Waals surface area contributed by atoms with Crippen LogP contribution in [0.1, 0.15) is 42.3 Å². The lowest BCUT2D eigenvalue weighted by molar-refractivity contribution is 0.0523. The third-order valence-corrected chi connectivity index (χ3v) is 4.28. The van der Waals surface area contributed by atoms with Crippen molar-refractivity contribution in [3.8, 4) is 0 Å². The second-order valence-corrected chi connectivity index (χ2v) is 7.47. The fourth-order valence-corrected chi connectivity index (χ4v) is 3.00. The topological polar surface area (TPSA) is 119 Å². The summed E-state index contributed by atoms with van der Waals surface area (Å²) in [5, 5.41) is 2.64. The van der Waals surface area contributed by atoms with E-state index in [1.165, 1.54) is 4.90 Å². The number of benzene rings is 1. The van der Waals surface area contributed by atoms with Gasteiger partial charge in [0.25, 0.3) is 16.8 Å². The zero-order valence-electron chi connectivity index (χ0n) is 15.4. The zero-order valence-corrected chi connectivity index (χ0v) is 15.4. The number of nitrogens with two attached hydrogens (primary N) is 1. The minimum Gasteiger partial charge on any atom is -0.444 e. The summed E-state index contributed by atoms with van der Waals surface area (Å²) in [6.07, 6.45) is -0.0105. The Kier molecular flexibility index (Phi) is 4.51. The highest BCUT2D eigenvalue weighted by Crippen LogP contribution is 2.26. The normalized spacial score (nSPS) is 14.2. The number of carbonyl (C=O) groups excluding carboxylic acids is 2. The van der Waals surface area contributed by atoms with Crippen LogP contribution in [0.3, 0.4) is 0 Å². The van der Waals surface area contributed by atoms with Gasteiger partial charge in [0.1, 0.15) is 17.0 Å². The molecular weight excluding hydrogens is 350 g/mol. The molecule has 0 saturated heterocycles. The van der Waals surface area contributed by atoms with Gasteiger partial charge in [-0.05, 0) is 44.4 Å². The number of anilines is 2. The number of fused-ring (bicyclic) bond motifs is 1. The molecule has 8 heteroatoms. The van der Waals surface area contributed by atoms with Crippen molar-refractivity contribution in [1.82, 2.24) is 5.32 Å². The van der Waals surface area contributed by atoms with Crippen molar-refractivity contribution in [2.24, 2.45) is 0 Å². The Balaban J connectivity index is 1.77. The van der Waals surface area contributed by atoms with Crippen molar-refractivity contribution in [1.29, 1.82) is 0 Å². The highest BCUT2D eigenvalue weighted by Gasteiger charge is 2.32. The molecule has 0 saturated carbocycles. The number of hydrogen-bond donors (Lipinski definition) is 2. The van der Waals surface area contributed by atoms with Crippen molar-refractivity contribution < 1.29 is 14.3 Å². The molecule has 1 aliphatic rings. The average molecular weight is 371 g/mol. The van der Waals surface area contributed by atoms with Gasteiger partial charge in [0.15, 0.2) is 0 Å². The first-order chi connectivity index (χ1) is 12.6. The van der Waals surface area contributed by atoms with Crippen LogP contribution in [0.15, 0.2) is 27.8 Å². The molecular formula is C19H21N3O5. The number of nitrogens with zero attached hydrogens (tertiary/aromatic N) is 1. The van der Waals surface area contributed by atoms with Gasteiger partial charge in [-0.25, -0.2) is 4.79 Å². The molecule has 0 radical (unpaired) electrons. The Bertz CT molecular complexity index is 996. The van der Waals surface area contributed by atoms with Gasteiger partial charge in [-0.1, -0.05) is 12.1 Å². The maximum atomic E-state index is 12.8. The zero-order chi connectivity index (χ0) is 19.9. The van der Waals surface area contributed by atoms with Crippen LogP contribution in [0.2, 0.25) is 0 Å². The number of nitrogen functional groups attached to an aromatic ring is 1. The predicted octanol–water partition coefficient (Wildman–Crippen LogP) is 1.09. The monoisotopic (exact) mass is 371 g/mol. The molecule has 1 heterocycles. The number of ether oxygens (including phenoxy) is 1. The van der Waals surface area contributed by atoms with E-state index in [0.29, 0.717) is 17.5 Å². The molecule has 2 aromatic rings. The summed E-state index contributed by atoms with van der Waals surface area (Å²) in [6, 6.07) is 5.32. The first-order valence-electron chi connectivity index (χ1n) is 8.58. The number of carbonyl (C=O) groups is 2. The van der Waals surface area contributed by atoms with E-state index < -0.39 is 22.6 Å². The molecule has 0 aliphatic carbocycles. The van der Waals surface area contributed by atoms with Crippen molar-refractivity contribution in [3.63, 3.8) is 0 Å². The Morgan fingerprint density at radius 2 is 1.93 bits per heavy atom. The lowest BCUT2D eigenvalue weighted by Gasteiger charge is -2.30. The lowest BCUT2D eigenvalue weighted by Crippen LogP contribution is -2.47. The summed E-state index contributed by atoms with van der Waals surface area (Å²) in [6.45, 7) is 5.79. The van der Waals surface area contributed by atoms with Gasteiger partial charge in [0, 0.05) is 18.7 Å². The molecule has 2 amide bonds. The van der Waals surface area contributed by atoms with Crippen molar-refractivity contribution in [3.05, 3.63) is 55.3 Å². The summed E-state index contributed by atoms with van der Waals surface area (Å²) in [5.74, 6) is -0.380. The van der Waals surface area contributed by atoms with Crippen LogP contribution in [-0.4, -0.2) is 24.1 Å². The molecule has 27 heavy (non-hydrogen) atoms. The van der Waals surface area contributed by atoms with Gasteiger partial charge >= 0.3 is 6.09 Å². The SMILES string of the molecule is CC(C)(C)OC(=O)NCc1ccc2c(c1)C(=O)N(c1c(N)c(=O)c1=O)CC2. The summed E-state index contributed by atoms with van der Waals surface area (Å²) < 4.78 is 5.18. The average Bonchev–Trinajstić information content (AvgIpc) is 2.60. The maximum absolute atomic E-state index is 12.8. The van der Waals surface area contributed by atoms with Crippen molar-refractivity contribution in [2.45, 2.75) is 39.3 Å². The van der Waals surface area contributed by atoms with E-state index in [4.69, 9.17) is 10.5 Å². The second kappa shape index (κ2) is 6.53. The highest BCUT2D eigenvalue weighted by molar-refractivity contribution is 6.10. The van der Waals surface area contributed by atoms with E-state index in [1.54, 1.807) is 26.8 Å². The summed E-state index contributed by atoms with van der Waals surface area (Å²) in [5.41, 5.74) is 5.30. The van der Waals surface area contributed by atoms with Gasteiger partial charge in [0.05, 0.1) is 0 Å². The van der Waals surface area contributed by atoms with Gasteiger partial charge in [0.2, 0.25) is 0 Å². The second-order valence-electron chi connectivity index (χ2n) is 7.47. The van der Waals surface area contributed by atoms with Crippen LogP contribution in [0, 0.1) is 0 Å². The van der Waals surface area contributed by atoms with E-state index in [0.717, 1.165) is 5.56 Å². The van der Waals surface area contributed by atoms with Crippen LogP contribution >= 0.6 is 0 Å². The first-order valence-corrected chi connectivity index (χ1v) is 8.58. The van der Waals surface area contributed by atoms with E-state index in [2.05, 4.69) is 5.32 Å². The van der Waals surface area contributed by atoms with Crippen LogP contribution in [0.5, 0.6) is 0 Å². The van der Waals surface area contributed by atoms with E-state index in [1.807, 2.05) is 12.1 Å². The number of hydrogen-bond acceptors (Lipinski definition) is 6. The van der Waals surface area contributed by atoms with Gasteiger partial charge in [-0.2, -0.15) is 0 Å². The molecule has 0 bridgehead atoms. The molecule has 0 spiro atoms. The Hall–Kier alpha value is -3.16. The molecule has 3 N–H and O–H groups in total. The fourth-order valence-electron chi connectivity index (χ4n) is 3.00. The van der Waals surface area contributed by atoms with Crippen LogP contribution in [0.4, 0.5) is 16.2 Å². The minimum absolute atomic E-state index is 0.0204. The minimum atomic E-state index is -0.751. The van der Waals surface area contributed by atoms with Crippen LogP contribution in [0.25, 0.3) is 0 Å². The van der Waals surface area contributed by atoms with Crippen molar-refractivity contribution >= 4 is 23.4 Å². The number of nitrogens with one attached hydrogen (secondary N) is 1.